The highest BCUT2D eigenvalue weighted by atomic mass is 15.2. The van der Waals surface area contributed by atoms with Crippen LogP contribution in [0.1, 0.15) is 79.0 Å². The standard InChI is InChI=1S/C90H72BN3/c1-88(2,3)59-34-31-56(32-35-59)58-48-85-87-86(49-58)94(63-39-42-74-70-28-16-14-24-66(70)68-26-18-20-30-72(68)76(74)53-63)84-54-64(92-81-45-36-60(89(4,5)6)50-77(81)78-51-61(90(7,8)9)37-46-82(78)92)40-43-79(84)91(87)80-47-57(55-21-11-10-12-22-55)33-44-83(80)93(85)62-38-41-73-69-27-15-13-23-65(69)67-25-17-19-29-71(67)75(73)52-62/h10-54H,1-9H3. The van der Waals surface area contributed by atoms with Gasteiger partial charge in [-0.25, -0.2) is 0 Å². The minimum atomic E-state index is -0.158. The van der Waals surface area contributed by atoms with Crippen LogP contribution in [0.3, 0.4) is 0 Å². The monoisotopic (exact) mass is 1210 g/mol. The lowest BCUT2D eigenvalue weighted by Gasteiger charge is -2.45. The Hall–Kier alpha value is -10.7. The zero-order chi connectivity index (χ0) is 63.7. The summed E-state index contributed by atoms with van der Waals surface area (Å²) in [6.45, 7) is 20.7. The second-order valence-electron chi connectivity index (χ2n) is 29.7. The van der Waals surface area contributed by atoms with Crippen molar-refractivity contribution in [3.63, 3.8) is 0 Å². The maximum Gasteiger partial charge on any atom is 0.252 e. The summed E-state index contributed by atoms with van der Waals surface area (Å²) in [6.07, 6.45) is 0. The van der Waals surface area contributed by atoms with Gasteiger partial charge >= 0.3 is 0 Å². The van der Waals surface area contributed by atoms with E-state index in [4.69, 9.17) is 0 Å². The molecule has 0 atom stereocenters. The molecule has 15 aromatic carbocycles. The number of nitrogens with zero attached hydrogens (tertiary/aromatic N) is 3. The number of hydrogen-bond donors (Lipinski definition) is 0. The SMILES string of the molecule is CC(C)(C)c1ccc(-c2cc3c4c(c2)N(c2ccc5c6ccccc6c6ccccc6c5c2)c2cc(-n5c6ccc(C(C)(C)C)cc6c6cc(C(C)(C)C)ccc65)ccc2B4c2cc(-c4ccccc4)ccc2N3c2ccc3c4ccccc4c4ccccc4c3c2)cc1. The highest BCUT2D eigenvalue weighted by Gasteiger charge is 2.44. The summed E-state index contributed by atoms with van der Waals surface area (Å²) in [5, 5.41) is 17.6. The smallest absolute Gasteiger partial charge is 0.252 e. The quantitative estimate of drug-likeness (QED) is 0.126. The number of anilines is 6. The van der Waals surface area contributed by atoms with Crippen molar-refractivity contribution in [2.24, 2.45) is 0 Å². The lowest BCUT2D eigenvalue weighted by Crippen LogP contribution is -2.61. The molecule has 16 aromatic rings. The predicted molar refractivity (Wildman–Crippen MR) is 407 cm³/mol. The first-order chi connectivity index (χ1) is 45.5. The molecule has 450 valence electrons. The normalized spacial score (nSPS) is 13.3. The van der Waals surface area contributed by atoms with E-state index in [0.717, 1.165) is 34.0 Å². The van der Waals surface area contributed by atoms with Gasteiger partial charge in [0.15, 0.2) is 0 Å². The number of rotatable bonds is 5. The van der Waals surface area contributed by atoms with Crippen LogP contribution in [-0.4, -0.2) is 11.3 Å². The Bertz CT molecular complexity index is 5730. The van der Waals surface area contributed by atoms with Crippen LogP contribution in [-0.2, 0) is 16.2 Å². The zero-order valence-electron chi connectivity index (χ0n) is 54.9. The Morgan fingerprint density at radius 3 is 1.10 bits per heavy atom. The van der Waals surface area contributed by atoms with Gasteiger partial charge in [-0.2, -0.15) is 0 Å². The molecule has 1 aromatic heterocycles. The van der Waals surface area contributed by atoms with Gasteiger partial charge in [0, 0.05) is 50.6 Å². The first-order valence-electron chi connectivity index (χ1n) is 33.5. The van der Waals surface area contributed by atoms with Gasteiger partial charge in [-0.1, -0.05) is 256 Å². The van der Waals surface area contributed by atoms with E-state index in [2.05, 4.69) is 350 Å². The minimum absolute atomic E-state index is 0.0117. The van der Waals surface area contributed by atoms with Crippen molar-refractivity contribution >= 4 is 144 Å². The molecule has 0 saturated carbocycles. The summed E-state index contributed by atoms with van der Waals surface area (Å²) >= 11 is 0. The molecule has 3 heterocycles. The zero-order valence-corrected chi connectivity index (χ0v) is 54.9. The van der Waals surface area contributed by atoms with Crippen LogP contribution in [0.5, 0.6) is 0 Å². The van der Waals surface area contributed by atoms with Crippen LogP contribution in [0.4, 0.5) is 34.1 Å². The van der Waals surface area contributed by atoms with Crippen LogP contribution in [0.2, 0.25) is 0 Å². The maximum atomic E-state index is 2.65. The maximum absolute atomic E-state index is 2.65. The lowest BCUT2D eigenvalue weighted by molar-refractivity contribution is 0.590. The first kappa shape index (κ1) is 56.1. The van der Waals surface area contributed by atoms with Crippen LogP contribution in [0, 0.1) is 0 Å². The van der Waals surface area contributed by atoms with Gasteiger partial charge < -0.3 is 14.4 Å². The van der Waals surface area contributed by atoms with Crippen molar-refractivity contribution in [3.8, 4) is 27.9 Å². The molecular formula is C90H72BN3. The third-order valence-corrected chi connectivity index (χ3v) is 21.0. The van der Waals surface area contributed by atoms with E-state index in [1.807, 2.05) is 0 Å². The molecule has 0 unspecified atom stereocenters. The Kier molecular flexibility index (Phi) is 12.2. The highest BCUT2D eigenvalue weighted by molar-refractivity contribution is 7.00. The molecule has 0 saturated heterocycles. The topological polar surface area (TPSA) is 11.4 Å². The number of aromatic nitrogens is 1. The summed E-state index contributed by atoms with van der Waals surface area (Å²) in [5.41, 5.74) is 22.9. The fourth-order valence-electron chi connectivity index (χ4n) is 16.1. The van der Waals surface area contributed by atoms with E-state index in [1.54, 1.807) is 0 Å². The first-order valence-corrected chi connectivity index (χ1v) is 33.5. The largest absolute Gasteiger partial charge is 0.311 e. The Morgan fingerprint density at radius 1 is 0.234 bits per heavy atom. The Balaban J connectivity index is 0.973. The molecule has 3 nitrogen and oxygen atoms in total. The third kappa shape index (κ3) is 8.58. The van der Waals surface area contributed by atoms with E-state index in [-0.39, 0.29) is 23.0 Å². The molecule has 2 aliphatic rings. The molecule has 0 aliphatic carbocycles. The van der Waals surface area contributed by atoms with Crippen molar-refractivity contribution in [3.05, 3.63) is 290 Å². The van der Waals surface area contributed by atoms with Crippen LogP contribution in [0.25, 0.3) is 114 Å². The average Bonchev–Trinajstić information content (AvgIpc) is 0.719. The van der Waals surface area contributed by atoms with Crippen molar-refractivity contribution in [1.29, 1.82) is 0 Å². The van der Waals surface area contributed by atoms with Gasteiger partial charge in [0.05, 0.1) is 11.0 Å². The molecule has 94 heavy (non-hydrogen) atoms. The Morgan fingerprint density at radius 2 is 0.628 bits per heavy atom. The predicted octanol–water partition coefficient (Wildman–Crippen LogP) is 23.0. The fraction of sp³-hybridized carbons (Fsp3) is 0.133. The second-order valence-corrected chi connectivity index (χ2v) is 29.7. The molecular weight excluding hydrogens is 1130 g/mol. The highest BCUT2D eigenvalue weighted by Crippen LogP contribution is 2.50. The Labute approximate surface area is 550 Å². The van der Waals surface area contributed by atoms with E-state index in [9.17, 15) is 0 Å². The molecule has 0 bridgehead atoms. The second kappa shape index (κ2) is 20.4. The van der Waals surface area contributed by atoms with Gasteiger partial charge in [-0.05, 0) is 215 Å². The number of fused-ring (bicyclic) bond motifs is 19. The van der Waals surface area contributed by atoms with Crippen molar-refractivity contribution < 1.29 is 0 Å². The van der Waals surface area contributed by atoms with Crippen LogP contribution in [0.15, 0.2) is 273 Å². The molecule has 0 N–H and O–H groups in total. The van der Waals surface area contributed by atoms with Crippen LogP contribution < -0.4 is 26.2 Å². The van der Waals surface area contributed by atoms with E-state index < -0.39 is 0 Å². The molecule has 0 fully saturated rings. The summed E-state index contributed by atoms with van der Waals surface area (Å²) in [5.74, 6) is 0. The summed E-state index contributed by atoms with van der Waals surface area (Å²) < 4.78 is 2.55. The van der Waals surface area contributed by atoms with E-state index in [1.165, 1.54) is 148 Å². The molecule has 0 amide bonds. The summed E-state index contributed by atoms with van der Waals surface area (Å²) in [6, 6.07) is 105. The summed E-state index contributed by atoms with van der Waals surface area (Å²) in [7, 11) is 0. The van der Waals surface area contributed by atoms with Gasteiger partial charge in [0.1, 0.15) is 0 Å². The molecule has 4 heteroatoms. The van der Waals surface area contributed by atoms with Crippen molar-refractivity contribution in [1.82, 2.24) is 4.57 Å². The van der Waals surface area contributed by atoms with Crippen molar-refractivity contribution in [2.75, 3.05) is 9.80 Å². The lowest BCUT2D eigenvalue weighted by atomic mass is 9.33. The molecule has 18 rings (SSSR count). The van der Waals surface area contributed by atoms with E-state index in [0.29, 0.717) is 0 Å². The third-order valence-electron chi connectivity index (χ3n) is 21.0. The molecule has 0 radical (unpaired) electrons. The molecule has 0 spiro atoms. The van der Waals surface area contributed by atoms with Gasteiger partial charge in [-0.15, -0.1) is 0 Å². The van der Waals surface area contributed by atoms with Gasteiger partial charge in [-0.3, -0.25) is 0 Å². The van der Waals surface area contributed by atoms with Gasteiger partial charge in [0.25, 0.3) is 6.71 Å². The minimum Gasteiger partial charge on any atom is -0.311 e. The van der Waals surface area contributed by atoms with E-state index >= 15 is 0 Å². The number of hydrogen-bond acceptors (Lipinski definition) is 2. The fourth-order valence-corrected chi connectivity index (χ4v) is 16.1. The van der Waals surface area contributed by atoms with Crippen molar-refractivity contribution in [2.45, 2.75) is 78.6 Å². The average molecular weight is 1210 g/mol. The van der Waals surface area contributed by atoms with Crippen LogP contribution >= 0.6 is 0 Å². The molecule has 2 aliphatic heterocycles. The van der Waals surface area contributed by atoms with Gasteiger partial charge in [0.2, 0.25) is 0 Å². The summed E-state index contributed by atoms with van der Waals surface area (Å²) in [4.78, 5) is 5.27. The number of benzene rings is 15.